The Morgan fingerprint density at radius 3 is 2.26 bits per heavy atom. The second kappa shape index (κ2) is 8.64. The minimum Gasteiger partial charge on any atom is -0.349 e. The summed E-state index contributed by atoms with van der Waals surface area (Å²) in [5, 5.41) is 5.68. The molecule has 2 aromatic carbocycles. The molecule has 0 bridgehead atoms. The van der Waals surface area contributed by atoms with E-state index >= 15 is 0 Å². The lowest BCUT2D eigenvalue weighted by Gasteiger charge is -2.20. The van der Waals surface area contributed by atoms with E-state index in [9.17, 15) is 18.0 Å². The summed E-state index contributed by atoms with van der Waals surface area (Å²) in [6.45, 7) is 4.30. The van der Waals surface area contributed by atoms with E-state index in [1.54, 1.807) is 24.3 Å². The smallest absolute Gasteiger partial charge is 0.243 e. The first-order valence-electron chi connectivity index (χ1n) is 10.2. The first kappa shape index (κ1) is 21.3. The Bertz CT molecular complexity index is 1070. The van der Waals surface area contributed by atoms with E-state index in [1.807, 2.05) is 30.3 Å². The van der Waals surface area contributed by atoms with Gasteiger partial charge in [-0.3, -0.25) is 9.59 Å². The van der Waals surface area contributed by atoms with Crippen LogP contribution < -0.4 is 10.6 Å². The Labute approximate surface area is 182 Å². The average Bonchev–Trinajstić information content (AvgIpc) is 3.17. The Morgan fingerprint density at radius 2 is 1.65 bits per heavy atom. The maximum atomic E-state index is 12.8. The van der Waals surface area contributed by atoms with Crippen molar-refractivity contribution in [2.24, 2.45) is 11.8 Å². The lowest BCUT2D eigenvalue weighted by atomic mass is 10.1. The average molecular weight is 440 g/mol. The molecule has 1 saturated carbocycles. The molecule has 2 fully saturated rings. The molecule has 2 N–H and O–H groups in total. The fourth-order valence-electron chi connectivity index (χ4n) is 4.12. The highest BCUT2D eigenvalue weighted by Crippen LogP contribution is 2.46. The van der Waals surface area contributed by atoms with E-state index in [0.717, 1.165) is 5.56 Å². The van der Waals surface area contributed by atoms with Crippen molar-refractivity contribution < 1.29 is 18.0 Å². The van der Waals surface area contributed by atoms with Crippen LogP contribution in [0, 0.1) is 11.8 Å². The van der Waals surface area contributed by atoms with Crippen LogP contribution >= 0.6 is 0 Å². The van der Waals surface area contributed by atoms with E-state index in [0.29, 0.717) is 24.3 Å². The van der Waals surface area contributed by atoms with E-state index in [2.05, 4.69) is 17.2 Å². The number of nitrogens with one attached hydrogen (secondary N) is 2. The van der Waals surface area contributed by atoms with Gasteiger partial charge in [0.25, 0.3) is 0 Å². The standard InChI is InChI=1S/C23H25N3O4S/c1-2-21(27)25-23-19-13-26(14-20(19)23)31(29,30)15-17-8-10-18(11-9-17)24-22(28)12-16-6-4-3-5-7-16/h2-11,19-20,23H,1,12-15H2,(H,24,28)(H,25,27). The third-order valence-electron chi connectivity index (χ3n) is 5.84. The molecule has 0 aromatic heterocycles. The molecule has 1 aliphatic heterocycles. The molecule has 0 spiro atoms. The topological polar surface area (TPSA) is 95.6 Å². The molecule has 2 unspecified atom stereocenters. The van der Waals surface area contributed by atoms with Gasteiger partial charge in [-0.2, -0.15) is 0 Å². The van der Waals surface area contributed by atoms with Crippen molar-refractivity contribution in [2.45, 2.75) is 18.2 Å². The molecule has 1 aliphatic carbocycles. The number of sulfonamides is 1. The van der Waals surface area contributed by atoms with Crippen molar-refractivity contribution in [2.75, 3.05) is 18.4 Å². The molecule has 1 saturated heterocycles. The zero-order valence-electron chi connectivity index (χ0n) is 17.0. The van der Waals surface area contributed by atoms with Gasteiger partial charge in [-0.25, -0.2) is 12.7 Å². The molecule has 31 heavy (non-hydrogen) atoms. The van der Waals surface area contributed by atoms with Crippen molar-refractivity contribution >= 4 is 27.5 Å². The van der Waals surface area contributed by atoms with Crippen LogP contribution in [0.2, 0.25) is 0 Å². The minimum atomic E-state index is -3.44. The molecular formula is C23H25N3O4S. The maximum Gasteiger partial charge on any atom is 0.243 e. The first-order chi connectivity index (χ1) is 14.9. The Morgan fingerprint density at radius 1 is 1.00 bits per heavy atom. The van der Waals surface area contributed by atoms with E-state index in [-0.39, 0.29) is 41.9 Å². The summed E-state index contributed by atoms with van der Waals surface area (Å²) in [7, 11) is -3.44. The number of anilines is 1. The number of rotatable bonds is 8. The predicted octanol–water partition coefficient (Wildman–Crippen LogP) is 1.93. The van der Waals surface area contributed by atoms with Crippen molar-refractivity contribution in [1.29, 1.82) is 0 Å². The number of amides is 2. The van der Waals surface area contributed by atoms with Gasteiger partial charge in [-0.15, -0.1) is 0 Å². The van der Waals surface area contributed by atoms with Gasteiger partial charge in [0.2, 0.25) is 21.8 Å². The first-order valence-corrected chi connectivity index (χ1v) is 11.8. The number of hydrogen-bond donors (Lipinski definition) is 2. The number of benzene rings is 2. The molecule has 7 nitrogen and oxygen atoms in total. The Hall–Kier alpha value is -2.97. The zero-order chi connectivity index (χ0) is 22.0. The van der Waals surface area contributed by atoms with Crippen molar-refractivity contribution in [3.63, 3.8) is 0 Å². The van der Waals surface area contributed by atoms with Gasteiger partial charge in [-0.1, -0.05) is 49.0 Å². The second-order valence-electron chi connectivity index (χ2n) is 8.05. The number of piperidine rings is 1. The second-order valence-corrected chi connectivity index (χ2v) is 10.0. The van der Waals surface area contributed by atoms with Gasteiger partial charge in [0.05, 0.1) is 12.2 Å². The van der Waals surface area contributed by atoms with Gasteiger partial charge in [-0.05, 0) is 41.2 Å². The molecule has 2 atom stereocenters. The summed E-state index contributed by atoms with van der Waals surface area (Å²) >= 11 is 0. The highest BCUT2D eigenvalue weighted by Gasteiger charge is 2.58. The minimum absolute atomic E-state index is 0.0516. The van der Waals surface area contributed by atoms with E-state index in [4.69, 9.17) is 0 Å². The van der Waals surface area contributed by atoms with Crippen LogP contribution in [0.25, 0.3) is 0 Å². The van der Waals surface area contributed by atoms with E-state index < -0.39 is 10.0 Å². The number of fused-ring (bicyclic) bond motifs is 1. The fraction of sp³-hybridized carbons (Fsp3) is 0.304. The van der Waals surface area contributed by atoms with Crippen molar-refractivity contribution in [1.82, 2.24) is 9.62 Å². The molecule has 8 heteroatoms. The molecule has 2 aromatic rings. The normalized spacial score (nSPS) is 22.4. The van der Waals surface area contributed by atoms with Crippen LogP contribution in [0.3, 0.4) is 0 Å². The highest BCUT2D eigenvalue weighted by atomic mass is 32.2. The van der Waals surface area contributed by atoms with Gasteiger partial charge >= 0.3 is 0 Å². The molecule has 2 aliphatic rings. The number of carbonyl (C=O) groups is 2. The summed E-state index contributed by atoms with van der Waals surface area (Å²) in [4.78, 5) is 23.6. The lowest BCUT2D eigenvalue weighted by molar-refractivity contribution is -0.117. The van der Waals surface area contributed by atoms with Crippen LogP contribution in [-0.4, -0.2) is 43.7 Å². The Balaban J connectivity index is 1.28. The predicted molar refractivity (Wildman–Crippen MR) is 119 cm³/mol. The van der Waals surface area contributed by atoms with Gasteiger partial charge in [0.15, 0.2) is 0 Å². The van der Waals surface area contributed by atoms with Crippen LogP contribution in [0.4, 0.5) is 5.69 Å². The highest BCUT2D eigenvalue weighted by molar-refractivity contribution is 7.88. The molecule has 1 heterocycles. The number of carbonyl (C=O) groups excluding carboxylic acids is 2. The van der Waals surface area contributed by atoms with Crippen LogP contribution in [0.1, 0.15) is 11.1 Å². The molecular weight excluding hydrogens is 414 g/mol. The Kier molecular flexibility index (Phi) is 5.93. The summed E-state index contributed by atoms with van der Waals surface area (Å²) in [5.74, 6) is -0.0681. The van der Waals surface area contributed by atoms with Gasteiger partial charge < -0.3 is 10.6 Å². The SMILES string of the molecule is C=CC(=O)NC1C2CN(S(=O)(=O)Cc3ccc(NC(=O)Cc4ccccc4)cc3)CC21. The maximum absolute atomic E-state index is 12.8. The van der Waals surface area contributed by atoms with Crippen LogP contribution in [0.15, 0.2) is 67.3 Å². The zero-order valence-corrected chi connectivity index (χ0v) is 17.8. The van der Waals surface area contributed by atoms with Crippen LogP contribution in [0.5, 0.6) is 0 Å². The monoisotopic (exact) mass is 439 g/mol. The van der Waals surface area contributed by atoms with Gasteiger partial charge in [0.1, 0.15) is 0 Å². The number of nitrogens with zero attached hydrogens (tertiary/aromatic N) is 1. The quantitative estimate of drug-likeness (QED) is 0.615. The number of hydrogen-bond acceptors (Lipinski definition) is 4. The lowest BCUT2D eigenvalue weighted by Crippen LogP contribution is -2.37. The van der Waals surface area contributed by atoms with E-state index in [1.165, 1.54) is 10.4 Å². The summed E-state index contributed by atoms with van der Waals surface area (Å²) in [6, 6.07) is 16.4. The largest absolute Gasteiger partial charge is 0.349 e. The summed E-state index contributed by atoms with van der Waals surface area (Å²) < 4.78 is 27.1. The van der Waals surface area contributed by atoms with Crippen molar-refractivity contribution in [3.05, 3.63) is 78.4 Å². The fourth-order valence-corrected chi connectivity index (χ4v) is 5.72. The van der Waals surface area contributed by atoms with Crippen molar-refractivity contribution in [3.8, 4) is 0 Å². The molecule has 0 radical (unpaired) electrons. The third-order valence-corrected chi connectivity index (χ3v) is 7.63. The molecule has 4 rings (SSSR count). The molecule has 2 amide bonds. The summed E-state index contributed by atoms with van der Waals surface area (Å²) in [5.41, 5.74) is 2.22. The molecule has 162 valence electrons. The third kappa shape index (κ3) is 5.03. The van der Waals surface area contributed by atoms with Gasteiger partial charge in [0, 0.05) is 24.8 Å². The van der Waals surface area contributed by atoms with Crippen LogP contribution in [-0.2, 0) is 31.8 Å². The summed E-state index contributed by atoms with van der Waals surface area (Å²) in [6.07, 6.45) is 1.51.